The van der Waals surface area contributed by atoms with Crippen molar-refractivity contribution in [3.05, 3.63) is 70.3 Å². The molecule has 0 saturated carbocycles. The van der Waals surface area contributed by atoms with E-state index in [0.717, 1.165) is 0 Å². The number of benzene rings is 2. The van der Waals surface area contributed by atoms with E-state index in [4.69, 9.17) is 0 Å². The van der Waals surface area contributed by atoms with Crippen LogP contribution in [0.5, 0.6) is 0 Å². The second-order valence-electron chi connectivity index (χ2n) is 4.25. The molecule has 0 aliphatic heterocycles. The van der Waals surface area contributed by atoms with Gasteiger partial charge < -0.3 is 0 Å². The van der Waals surface area contributed by atoms with Crippen molar-refractivity contribution in [2.24, 2.45) is 0 Å². The molecule has 1 nitrogen and oxygen atoms in total. The fraction of sp³-hybridized carbons (Fsp3) is 0.133. The number of carbonyl (C=O) groups excluding carboxylic acids is 1. The summed E-state index contributed by atoms with van der Waals surface area (Å²) >= 11 is 0. The maximum Gasteiger partial charge on any atom is 0.193 e. The van der Waals surface area contributed by atoms with Gasteiger partial charge in [-0.1, -0.05) is 0 Å². The van der Waals surface area contributed by atoms with E-state index < -0.39 is 0 Å². The lowest BCUT2D eigenvalue weighted by Gasteiger charge is -2.06. The van der Waals surface area contributed by atoms with Crippen molar-refractivity contribution >= 4 is 5.78 Å². The smallest absolute Gasteiger partial charge is 0.193 e. The zero-order valence-corrected chi connectivity index (χ0v) is 10.1. The zero-order chi connectivity index (χ0) is 13.3. The predicted molar refractivity (Wildman–Crippen MR) is 65.7 cm³/mol. The highest BCUT2D eigenvalue weighted by atomic mass is 19.1. The molecule has 0 spiro atoms. The van der Waals surface area contributed by atoms with Gasteiger partial charge in [0.2, 0.25) is 0 Å². The Balaban J connectivity index is 2.44. The van der Waals surface area contributed by atoms with Gasteiger partial charge in [-0.05, 0) is 61.4 Å². The third-order valence-electron chi connectivity index (χ3n) is 2.85. The fourth-order valence-corrected chi connectivity index (χ4v) is 1.82. The summed E-state index contributed by atoms with van der Waals surface area (Å²) in [5.74, 6) is -0.947. The van der Waals surface area contributed by atoms with Crippen LogP contribution >= 0.6 is 0 Å². The Bertz CT molecular complexity index is 618. The normalized spacial score (nSPS) is 10.4. The fourth-order valence-electron chi connectivity index (χ4n) is 1.82. The average molecular weight is 246 g/mol. The Hall–Kier alpha value is -2.03. The van der Waals surface area contributed by atoms with Crippen molar-refractivity contribution in [3.8, 4) is 0 Å². The van der Waals surface area contributed by atoms with Gasteiger partial charge in [-0.25, -0.2) is 8.78 Å². The average Bonchev–Trinajstić information content (AvgIpc) is 2.32. The number of carbonyl (C=O) groups is 1. The van der Waals surface area contributed by atoms with Crippen LogP contribution in [-0.2, 0) is 0 Å². The Morgan fingerprint density at radius 3 is 2.28 bits per heavy atom. The molecule has 18 heavy (non-hydrogen) atoms. The Morgan fingerprint density at radius 1 is 0.944 bits per heavy atom. The lowest BCUT2D eigenvalue weighted by molar-refractivity contribution is 0.103. The van der Waals surface area contributed by atoms with Gasteiger partial charge >= 0.3 is 0 Å². The van der Waals surface area contributed by atoms with Crippen molar-refractivity contribution in [2.75, 3.05) is 0 Å². The highest BCUT2D eigenvalue weighted by Crippen LogP contribution is 2.17. The van der Waals surface area contributed by atoms with Gasteiger partial charge in [0.05, 0.1) is 0 Å². The number of rotatable bonds is 2. The summed E-state index contributed by atoms with van der Waals surface area (Å²) in [6.07, 6.45) is 0. The molecule has 0 unspecified atom stereocenters. The lowest BCUT2D eigenvalue weighted by atomic mass is 9.98. The molecule has 0 N–H and O–H groups in total. The Labute approximate surface area is 104 Å². The molecule has 2 rings (SSSR count). The third-order valence-corrected chi connectivity index (χ3v) is 2.85. The van der Waals surface area contributed by atoms with Crippen LogP contribution in [0.2, 0.25) is 0 Å². The Kier molecular flexibility index (Phi) is 3.24. The van der Waals surface area contributed by atoms with Crippen LogP contribution in [0, 0.1) is 25.5 Å². The SMILES string of the molecule is Cc1cc(C(=O)c2ccc(F)cc2C)ccc1F. The first-order valence-electron chi connectivity index (χ1n) is 5.56. The lowest BCUT2D eigenvalue weighted by Crippen LogP contribution is -2.04. The maximum atomic E-state index is 13.1. The minimum atomic E-state index is -0.376. The van der Waals surface area contributed by atoms with Crippen molar-refractivity contribution in [1.29, 1.82) is 0 Å². The Morgan fingerprint density at radius 2 is 1.67 bits per heavy atom. The molecule has 0 aromatic heterocycles. The molecule has 92 valence electrons. The molecule has 0 fully saturated rings. The second kappa shape index (κ2) is 4.69. The molecule has 0 aliphatic rings. The minimum Gasteiger partial charge on any atom is -0.289 e. The molecule has 0 saturated heterocycles. The second-order valence-corrected chi connectivity index (χ2v) is 4.25. The quantitative estimate of drug-likeness (QED) is 0.736. The predicted octanol–water partition coefficient (Wildman–Crippen LogP) is 3.81. The van der Waals surface area contributed by atoms with Gasteiger partial charge in [-0.2, -0.15) is 0 Å². The first-order chi connectivity index (χ1) is 8.49. The molecular formula is C15H12F2O. The molecule has 2 aromatic rings. The van der Waals surface area contributed by atoms with Crippen LogP contribution in [0.4, 0.5) is 8.78 Å². The highest BCUT2D eigenvalue weighted by molar-refractivity contribution is 6.09. The molecule has 0 bridgehead atoms. The van der Waals surface area contributed by atoms with E-state index in [9.17, 15) is 13.6 Å². The van der Waals surface area contributed by atoms with Crippen LogP contribution in [0.15, 0.2) is 36.4 Å². The number of hydrogen-bond acceptors (Lipinski definition) is 1. The first-order valence-corrected chi connectivity index (χ1v) is 5.56. The summed E-state index contributed by atoms with van der Waals surface area (Å²) in [4.78, 5) is 12.2. The van der Waals surface area contributed by atoms with Crippen LogP contribution in [-0.4, -0.2) is 5.78 Å². The first kappa shape index (κ1) is 12.4. The molecule has 0 amide bonds. The van der Waals surface area contributed by atoms with Gasteiger partial charge in [0.1, 0.15) is 11.6 Å². The van der Waals surface area contributed by atoms with Gasteiger partial charge in [0.25, 0.3) is 0 Å². The third kappa shape index (κ3) is 2.30. The molecule has 3 heteroatoms. The molecule has 0 radical (unpaired) electrons. The van der Waals surface area contributed by atoms with Gasteiger partial charge in [-0.3, -0.25) is 4.79 Å². The molecule has 0 heterocycles. The summed E-state index contributed by atoms with van der Waals surface area (Å²) in [5.41, 5.74) is 1.83. The van der Waals surface area contributed by atoms with Crippen LogP contribution in [0.25, 0.3) is 0 Å². The number of ketones is 1. The van der Waals surface area contributed by atoms with Crippen LogP contribution < -0.4 is 0 Å². The summed E-state index contributed by atoms with van der Waals surface area (Å²) in [7, 11) is 0. The summed E-state index contributed by atoms with van der Waals surface area (Å²) < 4.78 is 26.1. The number of aryl methyl sites for hydroxylation is 2. The highest BCUT2D eigenvalue weighted by Gasteiger charge is 2.13. The summed E-state index contributed by atoms with van der Waals surface area (Å²) in [6, 6.07) is 8.21. The standard InChI is InChI=1S/C15H12F2O/c1-9-8-12(16)4-5-13(9)15(18)11-3-6-14(17)10(2)7-11/h3-8H,1-2H3. The maximum absolute atomic E-state index is 13.1. The van der Waals surface area contributed by atoms with Crippen molar-refractivity contribution in [1.82, 2.24) is 0 Å². The number of halogens is 2. The van der Waals surface area contributed by atoms with Crippen molar-refractivity contribution in [2.45, 2.75) is 13.8 Å². The van der Waals surface area contributed by atoms with E-state index in [-0.39, 0.29) is 17.4 Å². The summed E-state index contributed by atoms with van der Waals surface area (Å²) in [6.45, 7) is 3.27. The van der Waals surface area contributed by atoms with Gasteiger partial charge in [0, 0.05) is 11.1 Å². The topological polar surface area (TPSA) is 17.1 Å². The van der Waals surface area contributed by atoms with E-state index >= 15 is 0 Å². The van der Waals surface area contributed by atoms with E-state index in [1.807, 2.05) is 0 Å². The van der Waals surface area contributed by atoms with E-state index in [2.05, 4.69) is 0 Å². The molecular weight excluding hydrogens is 234 g/mol. The van der Waals surface area contributed by atoms with Gasteiger partial charge in [-0.15, -0.1) is 0 Å². The summed E-state index contributed by atoms with van der Waals surface area (Å²) in [5, 5.41) is 0. The van der Waals surface area contributed by atoms with E-state index in [1.165, 1.54) is 36.4 Å². The van der Waals surface area contributed by atoms with E-state index in [1.54, 1.807) is 13.8 Å². The minimum absolute atomic E-state index is 0.226. The zero-order valence-electron chi connectivity index (χ0n) is 10.1. The monoisotopic (exact) mass is 246 g/mol. The molecule has 2 aromatic carbocycles. The van der Waals surface area contributed by atoms with Crippen LogP contribution in [0.1, 0.15) is 27.0 Å². The number of hydrogen-bond donors (Lipinski definition) is 0. The largest absolute Gasteiger partial charge is 0.289 e. The van der Waals surface area contributed by atoms with Crippen LogP contribution in [0.3, 0.4) is 0 Å². The molecule has 0 atom stereocenters. The van der Waals surface area contributed by atoms with Gasteiger partial charge in [0.15, 0.2) is 5.78 Å². The van der Waals surface area contributed by atoms with E-state index in [0.29, 0.717) is 22.3 Å². The molecule has 0 aliphatic carbocycles. The van der Waals surface area contributed by atoms with Crippen molar-refractivity contribution in [3.63, 3.8) is 0 Å². The van der Waals surface area contributed by atoms with Crippen molar-refractivity contribution < 1.29 is 13.6 Å².